The zero-order valence-electron chi connectivity index (χ0n) is 10.9. The van der Waals surface area contributed by atoms with Gasteiger partial charge in [0.05, 0.1) is 0 Å². The Labute approximate surface area is 108 Å². The lowest BCUT2D eigenvalue weighted by molar-refractivity contribution is -0.114. The van der Waals surface area contributed by atoms with Crippen molar-refractivity contribution in [2.24, 2.45) is 0 Å². The maximum absolute atomic E-state index is 10.9. The van der Waals surface area contributed by atoms with E-state index in [0.29, 0.717) is 0 Å². The van der Waals surface area contributed by atoms with E-state index in [1.165, 1.54) is 29.2 Å². The molecule has 2 aromatic carbocycles. The largest absolute Gasteiger partial charge is 0.326 e. The lowest BCUT2D eigenvalue weighted by Crippen LogP contribution is -2.05. The molecule has 0 unspecified atom stereocenters. The molecular formula is C16H17NO. The van der Waals surface area contributed by atoms with Gasteiger partial charge in [-0.1, -0.05) is 35.9 Å². The summed E-state index contributed by atoms with van der Waals surface area (Å²) in [6, 6.07) is 14.3. The van der Waals surface area contributed by atoms with Gasteiger partial charge in [-0.25, -0.2) is 0 Å². The molecule has 0 radical (unpaired) electrons. The van der Waals surface area contributed by atoms with Gasteiger partial charge in [0.15, 0.2) is 0 Å². The lowest BCUT2D eigenvalue weighted by Gasteiger charge is -2.08. The van der Waals surface area contributed by atoms with E-state index >= 15 is 0 Å². The fourth-order valence-electron chi connectivity index (χ4n) is 2.07. The van der Waals surface area contributed by atoms with E-state index in [0.717, 1.165) is 5.69 Å². The van der Waals surface area contributed by atoms with Crippen molar-refractivity contribution in [3.8, 4) is 11.1 Å². The minimum atomic E-state index is -0.0470. The van der Waals surface area contributed by atoms with E-state index in [2.05, 4.69) is 37.4 Å². The topological polar surface area (TPSA) is 29.1 Å². The number of hydrogen-bond donors (Lipinski definition) is 1. The average molecular weight is 239 g/mol. The molecular weight excluding hydrogens is 222 g/mol. The number of benzene rings is 2. The van der Waals surface area contributed by atoms with Crippen LogP contribution in [0.25, 0.3) is 11.1 Å². The van der Waals surface area contributed by atoms with E-state index in [4.69, 9.17) is 0 Å². The number of carbonyl (C=O) groups excluding carboxylic acids is 1. The smallest absolute Gasteiger partial charge is 0.221 e. The molecule has 0 saturated heterocycles. The van der Waals surface area contributed by atoms with Crippen molar-refractivity contribution in [1.29, 1.82) is 0 Å². The highest BCUT2D eigenvalue weighted by molar-refractivity contribution is 5.89. The number of carbonyl (C=O) groups is 1. The van der Waals surface area contributed by atoms with Crippen LogP contribution in [0, 0.1) is 13.8 Å². The third-order valence-electron chi connectivity index (χ3n) is 2.90. The monoisotopic (exact) mass is 239 g/mol. The fourth-order valence-corrected chi connectivity index (χ4v) is 2.07. The van der Waals surface area contributed by atoms with Crippen molar-refractivity contribution >= 4 is 11.6 Å². The van der Waals surface area contributed by atoms with Crippen molar-refractivity contribution in [1.82, 2.24) is 0 Å². The van der Waals surface area contributed by atoms with Crippen LogP contribution in [-0.4, -0.2) is 5.91 Å². The molecule has 92 valence electrons. The summed E-state index contributed by atoms with van der Waals surface area (Å²) >= 11 is 0. The molecule has 2 rings (SSSR count). The molecule has 0 aromatic heterocycles. The van der Waals surface area contributed by atoms with Crippen molar-refractivity contribution < 1.29 is 4.79 Å². The van der Waals surface area contributed by atoms with Gasteiger partial charge in [-0.2, -0.15) is 0 Å². The molecule has 2 nitrogen and oxygen atoms in total. The van der Waals surface area contributed by atoms with Crippen molar-refractivity contribution in [3.05, 3.63) is 53.6 Å². The molecule has 2 aromatic rings. The molecule has 0 aliphatic rings. The van der Waals surface area contributed by atoms with Crippen LogP contribution in [0.5, 0.6) is 0 Å². The first-order valence-electron chi connectivity index (χ1n) is 6.01. The van der Waals surface area contributed by atoms with Gasteiger partial charge < -0.3 is 5.32 Å². The summed E-state index contributed by atoms with van der Waals surface area (Å²) in [5, 5.41) is 2.77. The van der Waals surface area contributed by atoms with Crippen LogP contribution >= 0.6 is 0 Å². The van der Waals surface area contributed by atoms with E-state index in [-0.39, 0.29) is 5.91 Å². The molecule has 0 heterocycles. The minimum absolute atomic E-state index is 0.0470. The molecule has 0 aliphatic heterocycles. The van der Waals surface area contributed by atoms with Crippen molar-refractivity contribution in [2.75, 3.05) is 5.32 Å². The summed E-state index contributed by atoms with van der Waals surface area (Å²) in [4.78, 5) is 10.9. The second-order valence-corrected chi connectivity index (χ2v) is 4.58. The van der Waals surface area contributed by atoms with Crippen LogP contribution in [0.3, 0.4) is 0 Å². The molecule has 18 heavy (non-hydrogen) atoms. The zero-order chi connectivity index (χ0) is 13.1. The first-order valence-corrected chi connectivity index (χ1v) is 6.01. The van der Waals surface area contributed by atoms with E-state index in [1.807, 2.05) is 24.3 Å². The summed E-state index contributed by atoms with van der Waals surface area (Å²) < 4.78 is 0. The highest BCUT2D eigenvalue weighted by Gasteiger charge is 2.02. The molecule has 0 aliphatic carbocycles. The third kappa shape index (κ3) is 2.77. The van der Waals surface area contributed by atoms with Gasteiger partial charge >= 0.3 is 0 Å². The second kappa shape index (κ2) is 5.05. The summed E-state index contributed by atoms with van der Waals surface area (Å²) in [6.07, 6.45) is 0. The second-order valence-electron chi connectivity index (χ2n) is 4.58. The molecule has 0 spiro atoms. The normalized spacial score (nSPS) is 10.2. The van der Waals surface area contributed by atoms with Crippen molar-refractivity contribution in [2.45, 2.75) is 20.8 Å². The minimum Gasteiger partial charge on any atom is -0.326 e. The summed E-state index contributed by atoms with van der Waals surface area (Å²) in [5.41, 5.74) is 5.76. The lowest BCUT2D eigenvalue weighted by atomic mass is 9.99. The summed E-state index contributed by atoms with van der Waals surface area (Å²) in [6.45, 7) is 5.72. The van der Waals surface area contributed by atoms with Crippen LogP contribution in [0.4, 0.5) is 5.69 Å². The Balaban J connectivity index is 2.31. The number of rotatable bonds is 2. The van der Waals surface area contributed by atoms with Crippen LogP contribution in [0.2, 0.25) is 0 Å². The third-order valence-corrected chi connectivity index (χ3v) is 2.90. The number of nitrogens with one attached hydrogen (secondary N) is 1. The number of amides is 1. The average Bonchev–Trinajstić information content (AvgIpc) is 2.30. The van der Waals surface area contributed by atoms with E-state index in [9.17, 15) is 4.79 Å². The maximum atomic E-state index is 10.9. The van der Waals surface area contributed by atoms with E-state index < -0.39 is 0 Å². The van der Waals surface area contributed by atoms with Gasteiger partial charge in [0.1, 0.15) is 0 Å². The molecule has 1 amide bonds. The Morgan fingerprint density at radius 3 is 2.22 bits per heavy atom. The van der Waals surface area contributed by atoms with Crippen LogP contribution in [0.1, 0.15) is 18.1 Å². The molecule has 1 N–H and O–H groups in total. The number of hydrogen-bond acceptors (Lipinski definition) is 1. The molecule has 2 heteroatoms. The van der Waals surface area contributed by atoms with Gasteiger partial charge in [-0.05, 0) is 42.7 Å². The van der Waals surface area contributed by atoms with Crippen LogP contribution < -0.4 is 5.32 Å². The van der Waals surface area contributed by atoms with Gasteiger partial charge in [0.2, 0.25) is 5.91 Å². The Morgan fingerprint density at radius 2 is 1.67 bits per heavy atom. The number of anilines is 1. The Kier molecular flexibility index (Phi) is 3.47. The highest BCUT2D eigenvalue weighted by atomic mass is 16.1. The van der Waals surface area contributed by atoms with Gasteiger partial charge in [0.25, 0.3) is 0 Å². The maximum Gasteiger partial charge on any atom is 0.221 e. The quantitative estimate of drug-likeness (QED) is 0.845. The summed E-state index contributed by atoms with van der Waals surface area (Å²) in [5.74, 6) is -0.0470. The number of aryl methyl sites for hydroxylation is 2. The SMILES string of the molecule is CC(=O)Nc1ccc(-c2ccc(C)cc2C)cc1. The Morgan fingerprint density at radius 1 is 1.00 bits per heavy atom. The Hall–Kier alpha value is -2.09. The highest BCUT2D eigenvalue weighted by Crippen LogP contribution is 2.25. The van der Waals surface area contributed by atoms with Crippen molar-refractivity contribution in [3.63, 3.8) is 0 Å². The molecule has 0 atom stereocenters. The van der Waals surface area contributed by atoms with Gasteiger partial charge in [0, 0.05) is 12.6 Å². The van der Waals surface area contributed by atoms with E-state index in [1.54, 1.807) is 0 Å². The van der Waals surface area contributed by atoms with Crippen LogP contribution in [-0.2, 0) is 4.79 Å². The molecule has 0 fully saturated rings. The van der Waals surface area contributed by atoms with Gasteiger partial charge in [-0.3, -0.25) is 4.79 Å². The standard InChI is InChI=1S/C16H17NO/c1-11-4-9-16(12(2)10-11)14-5-7-15(8-6-14)17-13(3)18/h4-10H,1-3H3,(H,17,18). The molecule has 0 bridgehead atoms. The predicted octanol–water partition coefficient (Wildman–Crippen LogP) is 3.93. The van der Waals surface area contributed by atoms with Crippen LogP contribution in [0.15, 0.2) is 42.5 Å². The first kappa shape index (κ1) is 12.4. The zero-order valence-corrected chi connectivity index (χ0v) is 10.9. The molecule has 0 saturated carbocycles. The summed E-state index contributed by atoms with van der Waals surface area (Å²) in [7, 11) is 0. The Bertz CT molecular complexity index is 570. The predicted molar refractivity (Wildman–Crippen MR) is 75.7 cm³/mol. The first-order chi connectivity index (χ1) is 8.56. The fraction of sp³-hybridized carbons (Fsp3) is 0.188. The van der Waals surface area contributed by atoms with Gasteiger partial charge in [-0.15, -0.1) is 0 Å².